The average Bonchev–Trinajstić information content (AvgIpc) is 2.87. The first-order valence-electron chi connectivity index (χ1n) is 6.59. The molecule has 1 unspecified atom stereocenters. The van der Waals surface area contributed by atoms with E-state index < -0.39 is 0 Å². The van der Waals surface area contributed by atoms with Crippen LogP contribution < -0.4 is 5.32 Å². The fourth-order valence-electron chi connectivity index (χ4n) is 2.50. The topological polar surface area (TPSA) is 15.3 Å². The first-order valence-corrected chi connectivity index (χ1v) is 6.97. The zero-order valence-corrected chi connectivity index (χ0v) is 11.5. The van der Waals surface area contributed by atoms with Crippen LogP contribution in [0, 0.1) is 5.82 Å². The van der Waals surface area contributed by atoms with Gasteiger partial charge >= 0.3 is 0 Å². The molecule has 1 aromatic carbocycles. The van der Waals surface area contributed by atoms with Crippen LogP contribution in [-0.4, -0.2) is 30.6 Å². The van der Waals surface area contributed by atoms with Crippen LogP contribution in [0.4, 0.5) is 4.39 Å². The molecule has 4 heteroatoms. The maximum absolute atomic E-state index is 13.1. The van der Waals surface area contributed by atoms with Crippen molar-refractivity contribution in [2.75, 3.05) is 19.6 Å². The Balaban J connectivity index is 2.04. The Kier molecular flexibility index (Phi) is 4.98. The summed E-state index contributed by atoms with van der Waals surface area (Å²) in [5.41, 5.74) is 1.08. The summed E-state index contributed by atoms with van der Waals surface area (Å²) in [5, 5.41) is 3.61. The van der Waals surface area contributed by atoms with Gasteiger partial charge in [-0.3, -0.25) is 4.90 Å². The molecule has 100 valence electrons. The van der Waals surface area contributed by atoms with Crippen molar-refractivity contribution in [3.8, 4) is 0 Å². The molecule has 0 amide bonds. The molecule has 0 spiro atoms. The maximum atomic E-state index is 13.1. The monoisotopic (exact) mass is 270 g/mol. The van der Waals surface area contributed by atoms with Crippen LogP contribution in [0.2, 0.25) is 5.02 Å². The normalized spacial score (nSPS) is 19.7. The van der Waals surface area contributed by atoms with Gasteiger partial charge in [0.1, 0.15) is 5.82 Å². The molecule has 0 saturated carbocycles. The molecule has 1 saturated heterocycles. The van der Waals surface area contributed by atoms with Crippen LogP contribution in [0.25, 0.3) is 0 Å². The first-order chi connectivity index (χ1) is 8.70. The maximum Gasteiger partial charge on any atom is 0.141 e. The fourth-order valence-corrected chi connectivity index (χ4v) is 2.70. The molecule has 0 radical (unpaired) electrons. The predicted molar refractivity (Wildman–Crippen MR) is 73.4 cm³/mol. The van der Waals surface area contributed by atoms with Crippen molar-refractivity contribution in [2.45, 2.75) is 32.4 Å². The highest BCUT2D eigenvalue weighted by Gasteiger charge is 2.21. The van der Waals surface area contributed by atoms with E-state index in [2.05, 4.69) is 17.1 Å². The van der Waals surface area contributed by atoms with Gasteiger partial charge in [-0.05, 0) is 43.6 Å². The van der Waals surface area contributed by atoms with Crippen molar-refractivity contribution in [1.82, 2.24) is 10.2 Å². The number of nitrogens with zero attached hydrogens (tertiary/aromatic N) is 1. The van der Waals surface area contributed by atoms with Crippen LogP contribution in [0.5, 0.6) is 0 Å². The van der Waals surface area contributed by atoms with Gasteiger partial charge in [-0.25, -0.2) is 4.39 Å². The Morgan fingerprint density at radius 3 is 2.94 bits per heavy atom. The summed E-state index contributed by atoms with van der Waals surface area (Å²) >= 11 is 5.83. The number of hydrogen-bond donors (Lipinski definition) is 1. The molecule has 1 heterocycles. The van der Waals surface area contributed by atoms with Crippen LogP contribution in [0.1, 0.15) is 25.3 Å². The van der Waals surface area contributed by atoms with E-state index in [1.54, 1.807) is 6.07 Å². The van der Waals surface area contributed by atoms with E-state index in [1.165, 1.54) is 12.5 Å². The van der Waals surface area contributed by atoms with Gasteiger partial charge in [0.25, 0.3) is 0 Å². The summed E-state index contributed by atoms with van der Waals surface area (Å²) in [4.78, 5) is 2.46. The molecule has 1 N–H and O–H groups in total. The Bertz CT molecular complexity index is 391. The highest BCUT2D eigenvalue weighted by atomic mass is 35.5. The molecule has 0 bridgehead atoms. The molecule has 18 heavy (non-hydrogen) atoms. The van der Waals surface area contributed by atoms with Crippen molar-refractivity contribution in [1.29, 1.82) is 0 Å². The summed E-state index contributed by atoms with van der Waals surface area (Å²) < 4.78 is 13.1. The van der Waals surface area contributed by atoms with E-state index in [1.807, 2.05) is 6.07 Å². The molecule has 1 fully saturated rings. The zero-order valence-electron chi connectivity index (χ0n) is 10.8. The van der Waals surface area contributed by atoms with E-state index in [0.717, 1.165) is 38.2 Å². The van der Waals surface area contributed by atoms with Gasteiger partial charge in [-0.2, -0.15) is 0 Å². The molecule has 2 nitrogen and oxygen atoms in total. The summed E-state index contributed by atoms with van der Waals surface area (Å²) in [7, 11) is 0. The van der Waals surface area contributed by atoms with Crippen molar-refractivity contribution < 1.29 is 4.39 Å². The number of halogens is 2. The lowest BCUT2D eigenvalue weighted by Crippen LogP contribution is -2.36. The van der Waals surface area contributed by atoms with E-state index >= 15 is 0 Å². The van der Waals surface area contributed by atoms with Crippen molar-refractivity contribution in [3.63, 3.8) is 0 Å². The molecular weight excluding hydrogens is 251 g/mol. The average molecular weight is 271 g/mol. The Hall–Kier alpha value is -0.640. The van der Waals surface area contributed by atoms with Gasteiger partial charge < -0.3 is 5.32 Å². The second kappa shape index (κ2) is 6.50. The van der Waals surface area contributed by atoms with Crippen LogP contribution in [0.3, 0.4) is 0 Å². The second-order valence-corrected chi connectivity index (χ2v) is 5.27. The molecule has 1 atom stereocenters. The van der Waals surface area contributed by atoms with Crippen molar-refractivity contribution in [2.24, 2.45) is 0 Å². The van der Waals surface area contributed by atoms with Crippen LogP contribution in [0.15, 0.2) is 18.2 Å². The molecule has 1 aromatic rings. The van der Waals surface area contributed by atoms with E-state index in [0.29, 0.717) is 6.04 Å². The minimum Gasteiger partial charge on any atom is -0.315 e. The lowest BCUT2D eigenvalue weighted by Gasteiger charge is -2.28. The van der Waals surface area contributed by atoms with Gasteiger partial charge in [0, 0.05) is 19.1 Å². The minimum absolute atomic E-state index is 0.216. The third kappa shape index (κ3) is 3.44. The van der Waals surface area contributed by atoms with Gasteiger partial charge in [-0.1, -0.05) is 24.6 Å². The van der Waals surface area contributed by atoms with E-state index in [-0.39, 0.29) is 10.8 Å². The summed E-state index contributed by atoms with van der Waals surface area (Å²) in [5.74, 6) is -0.343. The predicted octanol–water partition coefficient (Wildman–Crippen LogP) is 3.05. The Morgan fingerprint density at radius 2 is 2.33 bits per heavy atom. The van der Waals surface area contributed by atoms with Gasteiger partial charge in [0.05, 0.1) is 5.02 Å². The lowest BCUT2D eigenvalue weighted by molar-refractivity contribution is 0.199. The Morgan fingerprint density at radius 1 is 1.50 bits per heavy atom. The number of nitrogens with one attached hydrogen (secondary N) is 1. The number of rotatable bonds is 5. The number of benzene rings is 1. The number of hydrogen-bond acceptors (Lipinski definition) is 2. The molecular formula is C14H20ClFN2. The fraction of sp³-hybridized carbons (Fsp3) is 0.571. The van der Waals surface area contributed by atoms with E-state index in [9.17, 15) is 4.39 Å². The third-order valence-electron chi connectivity index (χ3n) is 3.43. The molecule has 0 aromatic heterocycles. The van der Waals surface area contributed by atoms with Crippen molar-refractivity contribution in [3.05, 3.63) is 34.6 Å². The smallest absolute Gasteiger partial charge is 0.141 e. The first kappa shape index (κ1) is 13.8. The molecule has 1 aliphatic heterocycles. The van der Waals surface area contributed by atoms with E-state index in [4.69, 9.17) is 11.6 Å². The minimum atomic E-state index is -0.343. The summed E-state index contributed by atoms with van der Waals surface area (Å²) in [6.45, 7) is 6.25. The van der Waals surface area contributed by atoms with Crippen molar-refractivity contribution >= 4 is 11.6 Å². The summed E-state index contributed by atoms with van der Waals surface area (Å²) in [6.07, 6.45) is 2.32. The zero-order chi connectivity index (χ0) is 13.0. The highest BCUT2D eigenvalue weighted by molar-refractivity contribution is 6.30. The van der Waals surface area contributed by atoms with Gasteiger partial charge in [-0.15, -0.1) is 0 Å². The quantitative estimate of drug-likeness (QED) is 0.885. The second-order valence-electron chi connectivity index (χ2n) is 4.87. The van der Waals surface area contributed by atoms with Gasteiger partial charge in [0.2, 0.25) is 0 Å². The molecule has 1 aliphatic rings. The highest BCUT2D eigenvalue weighted by Crippen LogP contribution is 2.19. The van der Waals surface area contributed by atoms with Crippen LogP contribution in [-0.2, 0) is 6.54 Å². The largest absolute Gasteiger partial charge is 0.315 e. The summed E-state index contributed by atoms with van der Waals surface area (Å²) in [6, 6.07) is 5.61. The van der Waals surface area contributed by atoms with Crippen LogP contribution >= 0.6 is 11.6 Å². The third-order valence-corrected chi connectivity index (χ3v) is 3.72. The lowest BCUT2D eigenvalue weighted by atomic mass is 10.1. The SMILES string of the molecule is CCCN(Cc1ccc(F)c(Cl)c1)C1CCNC1. The van der Waals surface area contributed by atoms with Gasteiger partial charge in [0.15, 0.2) is 0 Å². The molecule has 2 rings (SSSR count). The molecule has 0 aliphatic carbocycles. The standard InChI is InChI=1S/C14H20ClFN2/c1-2-7-18(12-5-6-17-9-12)10-11-3-4-14(16)13(15)8-11/h3-4,8,12,17H,2,5-7,9-10H2,1H3. The Labute approximate surface area is 113 Å².